The molecule has 6 nitrogen and oxygen atoms in total. The van der Waals surface area contributed by atoms with Gasteiger partial charge in [-0.3, -0.25) is 10.1 Å². The molecule has 0 saturated heterocycles. The molecule has 0 aliphatic carbocycles. The van der Waals surface area contributed by atoms with E-state index in [4.69, 9.17) is 0 Å². The van der Waals surface area contributed by atoms with Crippen molar-refractivity contribution in [3.05, 3.63) is 34.1 Å². The highest BCUT2D eigenvalue weighted by atomic mass is 32.2. The average molecular weight is 304 g/mol. The van der Waals surface area contributed by atoms with Crippen molar-refractivity contribution in [2.75, 3.05) is 13.1 Å². The predicted octanol–water partition coefficient (Wildman–Crippen LogP) is 2.54. The van der Waals surface area contributed by atoms with Crippen molar-refractivity contribution < 1.29 is 17.7 Å². The molecule has 112 valence electrons. The van der Waals surface area contributed by atoms with Crippen LogP contribution in [-0.2, 0) is 10.0 Å². The second kappa shape index (κ2) is 6.76. The van der Waals surface area contributed by atoms with Gasteiger partial charge in [-0.15, -0.1) is 0 Å². The van der Waals surface area contributed by atoms with Crippen LogP contribution in [0.2, 0.25) is 0 Å². The number of nitrogens with zero attached hydrogens (tertiary/aromatic N) is 2. The molecule has 0 atom stereocenters. The van der Waals surface area contributed by atoms with Crippen LogP contribution < -0.4 is 0 Å². The molecule has 20 heavy (non-hydrogen) atoms. The lowest BCUT2D eigenvalue weighted by atomic mass is 10.3. The van der Waals surface area contributed by atoms with Gasteiger partial charge in [-0.05, 0) is 18.9 Å². The highest BCUT2D eigenvalue weighted by Gasteiger charge is 2.25. The lowest BCUT2D eigenvalue weighted by Gasteiger charge is -2.20. The number of hydrogen-bond donors (Lipinski definition) is 0. The van der Waals surface area contributed by atoms with Crippen LogP contribution in [0, 0.1) is 15.9 Å². The van der Waals surface area contributed by atoms with Gasteiger partial charge in [-0.2, -0.15) is 8.70 Å². The molecule has 0 fully saturated rings. The molecule has 0 aliphatic rings. The first kappa shape index (κ1) is 16.5. The van der Waals surface area contributed by atoms with Crippen molar-refractivity contribution in [1.29, 1.82) is 0 Å². The summed E-state index contributed by atoms with van der Waals surface area (Å²) in [5, 5.41) is 10.5. The number of rotatable bonds is 7. The summed E-state index contributed by atoms with van der Waals surface area (Å²) in [5.41, 5.74) is -0.735. The smallest absolute Gasteiger partial charge is 0.258 e. The molecule has 0 aliphatic heterocycles. The van der Waals surface area contributed by atoms with Gasteiger partial charge in [0.1, 0.15) is 0 Å². The van der Waals surface area contributed by atoms with Gasteiger partial charge in [0.2, 0.25) is 15.8 Å². The third kappa shape index (κ3) is 3.51. The third-order valence-electron chi connectivity index (χ3n) is 2.70. The van der Waals surface area contributed by atoms with Crippen molar-refractivity contribution in [1.82, 2.24) is 4.31 Å². The molecule has 0 heterocycles. The van der Waals surface area contributed by atoms with E-state index in [1.807, 2.05) is 13.8 Å². The molecule has 0 radical (unpaired) electrons. The topological polar surface area (TPSA) is 80.5 Å². The first-order valence-corrected chi connectivity index (χ1v) is 7.72. The molecule has 0 N–H and O–H groups in total. The Balaban J connectivity index is 3.20. The molecule has 0 amide bonds. The van der Waals surface area contributed by atoms with Crippen LogP contribution in [0.3, 0.4) is 0 Å². The summed E-state index contributed by atoms with van der Waals surface area (Å²) in [6, 6.07) is 2.64. The minimum absolute atomic E-state index is 0.262. The first-order valence-electron chi connectivity index (χ1n) is 6.28. The molecular weight excluding hydrogens is 287 g/mol. The van der Waals surface area contributed by atoms with Crippen LogP contribution >= 0.6 is 0 Å². The van der Waals surface area contributed by atoms with Gasteiger partial charge in [-0.25, -0.2) is 8.42 Å². The molecule has 0 spiro atoms. The zero-order valence-corrected chi connectivity index (χ0v) is 12.2. The van der Waals surface area contributed by atoms with Gasteiger partial charge >= 0.3 is 5.69 Å². The summed E-state index contributed by atoms with van der Waals surface area (Å²) in [5.74, 6) is -1.15. The maximum atomic E-state index is 13.5. The van der Waals surface area contributed by atoms with Crippen LogP contribution in [0.15, 0.2) is 23.1 Å². The van der Waals surface area contributed by atoms with E-state index < -0.39 is 26.5 Å². The number of benzene rings is 1. The monoisotopic (exact) mass is 304 g/mol. The Morgan fingerprint density at radius 2 is 1.80 bits per heavy atom. The second-order valence-electron chi connectivity index (χ2n) is 4.27. The molecular formula is C12H17FN2O4S. The lowest BCUT2D eigenvalue weighted by Crippen LogP contribution is -2.32. The van der Waals surface area contributed by atoms with Gasteiger partial charge in [0.25, 0.3) is 0 Å². The van der Waals surface area contributed by atoms with Crippen molar-refractivity contribution in [3.63, 3.8) is 0 Å². The third-order valence-corrected chi connectivity index (χ3v) is 4.59. The molecule has 0 bridgehead atoms. The van der Waals surface area contributed by atoms with E-state index >= 15 is 0 Å². The largest absolute Gasteiger partial charge is 0.304 e. The van der Waals surface area contributed by atoms with Crippen LogP contribution in [0.1, 0.15) is 26.7 Å². The SMILES string of the molecule is CCCN(CCC)S(=O)(=O)c1ccc([N+](=O)[O-])c(F)c1. The minimum atomic E-state index is -3.82. The summed E-state index contributed by atoms with van der Waals surface area (Å²) in [7, 11) is -3.82. The lowest BCUT2D eigenvalue weighted by molar-refractivity contribution is -0.387. The number of hydrogen-bond acceptors (Lipinski definition) is 4. The molecule has 0 saturated carbocycles. The van der Waals surface area contributed by atoms with Crippen LogP contribution in [0.5, 0.6) is 0 Å². The zero-order chi connectivity index (χ0) is 15.3. The standard InChI is InChI=1S/C12H17FN2O4S/c1-3-7-14(8-4-2)20(18,19)10-5-6-12(15(16)17)11(13)9-10/h5-6,9H,3-4,7-8H2,1-2H3. The summed E-state index contributed by atoms with van der Waals surface area (Å²) in [6.45, 7) is 4.34. The summed E-state index contributed by atoms with van der Waals surface area (Å²) < 4.78 is 39.5. The predicted molar refractivity (Wildman–Crippen MR) is 72.4 cm³/mol. The van der Waals surface area contributed by atoms with E-state index in [9.17, 15) is 22.9 Å². The highest BCUT2D eigenvalue weighted by Crippen LogP contribution is 2.23. The van der Waals surface area contributed by atoms with Gasteiger partial charge in [-0.1, -0.05) is 13.8 Å². The Hall–Kier alpha value is -1.54. The first-order chi connectivity index (χ1) is 9.34. The van der Waals surface area contributed by atoms with E-state index in [1.54, 1.807) is 0 Å². The van der Waals surface area contributed by atoms with E-state index in [-0.39, 0.29) is 4.90 Å². The quantitative estimate of drug-likeness (QED) is 0.572. The van der Waals surface area contributed by atoms with E-state index in [0.717, 1.165) is 12.1 Å². The molecule has 0 unspecified atom stereocenters. The van der Waals surface area contributed by atoms with Crippen molar-refractivity contribution in [3.8, 4) is 0 Å². The zero-order valence-electron chi connectivity index (χ0n) is 11.4. The summed E-state index contributed by atoms with van der Waals surface area (Å²) >= 11 is 0. The average Bonchev–Trinajstić information content (AvgIpc) is 2.37. The molecule has 1 aromatic rings. The second-order valence-corrected chi connectivity index (χ2v) is 6.21. The van der Waals surface area contributed by atoms with Crippen LogP contribution in [0.4, 0.5) is 10.1 Å². The Morgan fingerprint density at radius 3 is 2.20 bits per heavy atom. The number of nitro groups is 1. The van der Waals surface area contributed by atoms with Gasteiger partial charge < -0.3 is 0 Å². The van der Waals surface area contributed by atoms with Gasteiger partial charge in [0, 0.05) is 25.2 Å². The fraction of sp³-hybridized carbons (Fsp3) is 0.500. The van der Waals surface area contributed by atoms with Gasteiger partial charge in [0.05, 0.1) is 9.82 Å². The number of sulfonamides is 1. The normalized spacial score (nSPS) is 11.8. The van der Waals surface area contributed by atoms with Crippen molar-refractivity contribution >= 4 is 15.7 Å². The highest BCUT2D eigenvalue weighted by molar-refractivity contribution is 7.89. The Morgan fingerprint density at radius 1 is 1.25 bits per heavy atom. The molecule has 1 rings (SSSR count). The van der Waals surface area contributed by atoms with E-state index in [0.29, 0.717) is 32.0 Å². The van der Waals surface area contributed by atoms with Crippen LogP contribution in [0.25, 0.3) is 0 Å². The molecule has 0 aromatic heterocycles. The van der Waals surface area contributed by atoms with Crippen LogP contribution in [-0.4, -0.2) is 30.7 Å². The number of nitro benzene ring substituents is 1. The van der Waals surface area contributed by atoms with Gasteiger partial charge in [0.15, 0.2) is 0 Å². The molecule has 1 aromatic carbocycles. The summed E-state index contributed by atoms with van der Waals surface area (Å²) in [4.78, 5) is 9.38. The maximum Gasteiger partial charge on any atom is 0.304 e. The minimum Gasteiger partial charge on any atom is -0.258 e. The molecule has 8 heteroatoms. The maximum absolute atomic E-state index is 13.5. The van der Waals surface area contributed by atoms with E-state index in [1.165, 1.54) is 4.31 Å². The van der Waals surface area contributed by atoms with Crippen molar-refractivity contribution in [2.45, 2.75) is 31.6 Å². The Kier molecular flexibility index (Phi) is 5.58. The fourth-order valence-electron chi connectivity index (χ4n) is 1.80. The summed E-state index contributed by atoms with van der Waals surface area (Å²) in [6.07, 6.45) is 1.27. The Labute approximate surface area is 117 Å². The van der Waals surface area contributed by atoms with Crippen molar-refractivity contribution in [2.24, 2.45) is 0 Å². The fourth-order valence-corrected chi connectivity index (χ4v) is 3.43. The van der Waals surface area contributed by atoms with E-state index in [2.05, 4.69) is 0 Å². The number of halogens is 1. The Bertz CT molecular complexity index is 583.